The molecule has 0 spiro atoms. The molecular formula is C18H16N2O3. The Kier molecular flexibility index (Phi) is 4.10. The lowest BCUT2D eigenvalue weighted by molar-refractivity contribution is -0.122. The number of hydrogen-bond donors (Lipinski definition) is 1. The van der Waals surface area contributed by atoms with Crippen LogP contribution in [0.5, 0.6) is 11.5 Å². The summed E-state index contributed by atoms with van der Waals surface area (Å²) < 4.78 is 5.76. The number of hydrogen-bond acceptors (Lipinski definition) is 3. The molecule has 3 rings (SSSR count). The molecule has 2 aromatic carbocycles. The zero-order valence-electron chi connectivity index (χ0n) is 12.7. The molecule has 5 nitrogen and oxygen atoms in total. The van der Waals surface area contributed by atoms with Gasteiger partial charge in [0.2, 0.25) is 0 Å². The molecule has 1 fully saturated rings. The van der Waals surface area contributed by atoms with Gasteiger partial charge in [0.25, 0.3) is 5.91 Å². The normalized spacial score (nSPS) is 15.9. The molecule has 0 saturated carbocycles. The average molecular weight is 308 g/mol. The molecule has 1 aliphatic rings. The first-order chi connectivity index (χ1) is 11.2. The van der Waals surface area contributed by atoms with E-state index in [2.05, 4.69) is 5.32 Å². The molecule has 0 unspecified atom stereocenters. The van der Waals surface area contributed by atoms with Crippen LogP contribution in [-0.4, -0.2) is 23.4 Å². The monoisotopic (exact) mass is 308 g/mol. The topological polar surface area (TPSA) is 58.6 Å². The second-order valence-electron chi connectivity index (χ2n) is 5.03. The van der Waals surface area contributed by atoms with Crippen LogP contribution < -0.4 is 10.1 Å². The van der Waals surface area contributed by atoms with Gasteiger partial charge in [-0.05, 0) is 42.8 Å². The van der Waals surface area contributed by atoms with Gasteiger partial charge in [-0.3, -0.25) is 9.69 Å². The second-order valence-corrected chi connectivity index (χ2v) is 5.03. The van der Waals surface area contributed by atoms with E-state index in [1.165, 1.54) is 0 Å². The highest BCUT2D eigenvalue weighted by Crippen LogP contribution is 2.23. The number of nitrogens with zero attached hydrogens (tertiary/aromatic N) is 1. The fraction of sp³-hybridized carbons (Fsp3) is 0.111. The number of likely N-dealkylation sites (N-methyl/N-ethyl adjacent to an activating group) is 1. The van der Waals surface area contributed by atoms with E-state index in [9.17, 15) is 9.59 Å². The van der Waals surface area contributed by atoms with Gasteiger partial charge in [0.15, 0.2) is 0 Å². The zero-order chi connectivity index (χ0) is 16.2. The van der Waals surface area contributed by atoms with Gasteiger partial charge in [-0.2, -0.15) is 0 Å². The van der Waals surface area contributed by atoms with Crippen molar-refractivity contribution in [2.45, 2.75) is 6.92 Å². The lowest BCUT2D eigenvalue weighted by atomic mass is 10.2. The number of para-hydroxylation sites is 1. The van der Waals surface area contributed by atoms with Crippen molar-refractivity contribution >= 4 is 18.0 Å². The van der Waals surface area contributed by atoms with E-state index in [1.54, 1.807) is 13.0 Å². The van der Waals surface area contributed by atoms with Crippen LogP contribution in [0.15, 0.2) is 60.3 Å². The number of carbonyl (C=O) groups excluding carboxylic acids is 2. The Morgan fingerprint density at radius 3 is 2.48 bits per heavy atom. The third-order valence-electron chi connectivity index (χ3n) is 3.43. The molecule has 1 saturated heterocycles. The van der Waals surface area contributed by atoms with Gasteiger partial charge in [-0.25, -0.2) is 4.79 Å². The van der Waals surface area contributed by atoms with Gasteiger partial charge in [-0.1, -0.05) is 30.3 Å². The van der Waals surface area contributed by atoms with Crippen LogP contribution in [0.1, 0.15) is 12.5 Å². The molecule has 3 amide bonds. The Hall–Kier alpha value is -3.08. The van der Waals surface area contributed by atoms with E-state index < -0.39 is 0 Å². The summed E-state index contributed by atoms with van der Waals surface area (Å²) in [4.78, 5) is 24.9. The molecule has 0 aromatic heterocycles. The number of ether oxygens (including phenoxy) is 1. The van der Waals surface area contributed by atoms with Crippen molar-refractivity contribution in [3.05, 3.63) is 65.9 Å². The van der Waals surface area contributed by atoms with Gasteiger partial charge < -0.3 is 10.1 Å². The van der Waals surface area contributed by atoms with Crippen LogP contribution in [0.25, 0.3) is 6.08 Å². The Morgan fingerprint density at radius 2 is 1.78 bits per heavy atom. The van der Waals surface area contributed by atoms with Crippen molar-refractivity contribution in [1.82, 2.24) is 10.2 Å². The fourth-order valence-corrected chi connectivity index (χ4v) is 2.32. The van der Waals surface area contributed by atoms with Crippen LogP contribution in [0.4, 0.5) is 4.79 Å². The average Bonchev–Trinajstić information content (AvgIpc) is 2.82. The second kappa shape index (κ2) is 6.36. The van der Waals surface area contributed by atoms with Crippen LogP contribution in [0.2, 0.25) is 0 Å². The van der Waals surface area contributed by atoms with E-state index >= 15 is 0 Å². The lowest BCUT2D eigenvalue weighted by Crippen LogP contribution is -2.30. The summed E-state index contributed by atoms with van der Waals surface area (Å²) in [5.41, 5.74) is 1.05. The number of urea groups is 1. The number of benzene rings is 2. The minimum atomic E-state index is -0.388. The van der Waals surface area contributed by atoms with Crippen molar-refractivity contribution < 1.29 is 14.3 Å². The molecule has 5 heteroatoms. The summed E-state index contributed by atoms with van der Waals surface area (Å²) in [6.45, 7) is 2.11. The smallest absolute Gasteiger partial charge is 0.328 e. The van der Waals surface area contributed by atoms with Crippen molar-refractivity contribution in [3.8, 4) is 11.5 Å². The molecule has 1 heterocycles. The number of nitrogens with one attached hydrogen (secondary N) is 1. The Balaban J connectivity index is 1.82. The van der Waals surface area contributed by atoms with Gasteiger partial charge in [0.1, 0.15) is 17.2 Å². The minimum absolute atomic E-state index is 0.272. The highest BCUT2D eigenvalue weighted by atomic mass is 16.5. The predicted octanol–water partition coefficient (Wildman–Crippen LogP) is 3.39. The summed E-state index contributed by atoms with van der Waals surface area (Å²) in [7, 11) is 0. The van der Waals surface area contributed by atoms with Gasteiger partial charge in [0, 0.05) is 6.54 Å². The van der Waals surface area contributed by atoms with Crippen LogP contribution in [-0.2, 0) is 4.79 Å². The first kappa shape index (κ1) is 14.8. The summed E-state index contributed by atoms with van der Waals surface area (Å²) >= 11 is 0. The molecule has 0 radical (unpaired) electrons. The summed E-state index contributed by atoms with van der Waals surface area (Å²) in [6, 6.07) is 16.4. The minimum Gasteiger partial charge on any atom is -0.457 e. The third-order valence-corrected chi connectivity index (χ3v) is 3.43. The molecule has 1 N–H and O–H groups in total. The van der Waals surface area contributed by atoms with Crippen LogP contribution >= 0.6 is 0 Å². The fourth-order valence-electron chi connectivity index (χ4n) is 2.32. The molecule has 0 atom stereocenters. The Morgan fingerprint density at radius 1 is 1.04 bits per heavy atom. The third kappa shape index (κ3) is 3.23. The summed E-state index contributed by atoms with van der Waals surface area (Å²) in [6.07, 6.45) is 1.65. The maximum absolute atomic E-state index is 12.1. The highest BCUT2D eigenvalue weighted by molar-refractivity contribution is 6.13. The molecule has 116 valence electrons. The van der Waals surface area contributed by atoms with E-state index in [-0.39, 0.29) is 17.6 Å². The van der Waals surface area contributed by atoms with E-state index in [0.717, 1.165) is 16.2 Å². The molecule has 1 aliphatic heterocycles. The molecule has 2 aromatic rings. The number of amides is 3. The van der Waals surface area contributed by atoms with Crippen molar-refractivity contribution in [3.63, 3.8) is 0 Å². The summed E-state index contributed by atoms with van der Waals surface area (Å²) in [5, 5.41) is 2.58. The lowest BCUT2D eigenvalue weighted by Gasteiger charge is -2.07. The highest BCUT2D eigenvalue weighted by Gasteiger charge is 2.31. The van der Waals surface area contributed by atoms with Crippen LogP contribution in [0.3, 0.4) is 0 Å². The Bertz CT molecular complexity index is 769. The van der Waals surface area contributed by atoms with E-state index in [1.807, 2.05) is 54.6 Å². The molecule has 0 bridgehead atoms. The van der Waals surface area contributed by atoms with Gasteiger partial charge in [-0.15, -0.1) is 0 Å². The molecular weight excluding hydrogens is 292 g/mol. The van der Waals surface area contributed by atoms with E-state index in [4.69, 9.17) is 4.74 Å². The largest absolute Gasteiger partial charge is 0.457 e. The maximum atomic E-state index is 12.1. The molecule has 23 heavy (non-hydrogen) atoms. The number of rotatable bonds is 4. The maximum Gasteiger partial charge on any atom is 0.328 e. The van der Waals surface area contributed by atoms with Crippen molar-refractivity contribution in [2.24, 2.45) is 0 Å². The van der Waals surface area contributed by atoms with Crippen molar-refractivity contribution in [2.75, 3.05) is 6.54 Å². The SMILES string of the molecule is CCN1C(=O)N/C(=C/c2cccc(Oc3ccccc3)c2)C1=O. The molecule has 0 aliphatic carbocycles. The summed E-state index contributed by atoms with van der Waals surface area (Å²) in [5.74, 6) is 1.08. The van der Waals surface area contributed by atoms with Gasteiger partial charge in [0.05, 0.1) is 0 Å². The van der Waals surface area contributed by atoms with Crippen molar-refractivity contribution in [1.29, 1.82) is 0 Å². The first-order valence-electron chi connectivity index (χ1n) is 7.35. The Labute approximate surface area is 134 Å². The van der Waals surface area contributed by atoms with E-state index in [0.29, 0.717) is 12.3 Å². The number of carbonyl (C=O) groups is 2. The van der Waals surface area contributed by atoms with Gasteiger partial charge >= 0.3 is 6.03 Å². The number of imide groups is 1. The quantitative estimate of drug-likeness (QED) is 0.695. The first-order valence-corrected chi connectivity index (χ1v) is 7.35. The van der Waals surface area contributed by atoms with Crippen LogP contribution in [0, 0.1) is 0 Å². The predicted molar refractivity (Wildman–Crippen MR) is 86.9 cm³/mol. The zero-order valence-corrected chi connectivity index (χ0v) is 12.7. The standard InChI is InChI=1S/C18H16N2O3/c1-2-20-17(21)16(19-18(20)22)12-13-7-6-10-15(11-13)23-14-8-4-3-5-9-14/h3-12H,2H2,1H3,(H,19,22)/b16-12+.